The van der Waals surface area contributed by atoms with Gasteiger partial charge in [-0.15, -0.1) is 0 Å². The van der Waals surface area contributed by atoms with Crippen LogP contribution in [-0.2, 0) is 11.8 Å². The topological polar surface area (TPSA) is 97.2 Å². The molecular formula is C22H23N5O3. The molecule has 154 valence electrons. The van der Waals surface area contributed by atoms with Crippen molar-refractivity contribution in [1.82, 2.24) is 24.8 Å². The number of carbonyl (C=O) groups excluding carboxylic acids is 3. The molecule has 0 bridgehead atoms. The Kier molecular flexibility index (Phi) is 5.07. The van der Waals surface area contributed by atoms with Gasteiger partial charge in [-0.05, 0) is 30.2 Å². The second-order valence-corrected chi connectivity index (χ2v) is 7.72. The molecule has 30 heavy (non-hydrogen) atoms. The van der Waals surface area contributed by atoms with Crippen LogP contribution in [0.5, 0.6) is 0 Å². The molecule has 1 atom stereocenters. The van der Waals surface area contributed by atoms with Crippen LogP contribution in [0.15, 0.2) is 42.6 Å². The highest BCUT2D eigenvalue weighted by atomic mass is 16.2. The van der Waals surface area contributed by atoms with Crippen LogP contribution in [0.1, 0.15) is 53.0 Å². The van der Waals surface area contributed by atoms with Crippen LogP contribution in [0.2, 0.25) is 0 Å². The number of nitrogens with zero attached hydrogens (tertiary/aromatic N) is 4. The Labute approximate surface area is 173 Å². The van der Waals surface area contributed by atoms with Crippen molar-refractivity contribution in [2.45, 2.75) is 26.3 Å². The van der Waals surface area contributed by atoms with E-state index in [9.17, 15) is 14.4 Å². The van der Waals surface area contributed by atoms with Gasteiger partial charge in [0.2, 0.25) is 5.91 Å². The first-order valence-electron chi connectivity index (χ1n) is 9.90. The van der Waals surface area contributed by atoms with Gasteiger partial charge in [0.05, 0.1) is 22.6 Å². The van der Waals surface area contributed by atoms with E-state index in [-0.39, 0.29) is 42.1 Å². The van der Waals surface area contributed by atoms with Gasteiger partial charge in [-0.3, -0.25) is 24.3 Å². The average molecular weight is 405 g/mol. The van der Waals surface area contributed by atoms with Crippen molar-refractivity contribution >= 4 is 28.8 Å². The van der Waals surface area contributed by atoms with E-state index in [0.29, 0.717) is 0 Å². The Morgan fingerprint density at radius 2 is 1.87 bits per heavy atom. The molecule has 1 aromatic carbocycles. The molecule has 2 aromatic heterocycles. The van der Waals surface area contributed by atoms with E-state index >= 15 is 0 Å². The number of nitrogens with one attached hydrogen (secondary N) is 1. The molecule has 1 aliphatic heterocycles. The summed E-state index contributed by atoms with van der Waals surface area (Å²) in [6, 6.07) is 10.7. The molecule has 0 saturated carbocycles. The first-order chi connectivity index (χ1) is 14.4. The normalized spacial score (nSPS) is 14.5. The summed E-state index contributed by atoms with van der Waals surface area (Å²) in [6.07, 6.45) is 1.49. The summed E-state index contributed by atoms with van der Waals surface area (Å²) < 4.78 is 1.98. The van der Waals surface area contributed by atoms with Crippen molar-refractivity contribution in [3.8, 4) is 0 Å². The lowest BCUT2D eigenvalue weighted by Crippen LogP contribution is -2.37. The molecule has 8 heteroatoms. The Balaban J connectivity index is 1.46. The fourth-order valence-corrected chi connectivity index (χ4v) is 3.75. The van der Waals surface area contributed by atoms with Crippen LogP contribution < -0.4 is 5.32 Å². The Morgan fingerprint density at radius 1 is 1.10 bits per heavy atom. The minimum Gasteiger partial charge on any atom is -0.346 e. The minimum absolute atomic E-state index is 0.00716. The highest BCUT2D eigenvalue weighted by molar-refractivity contribution is 6.20. The summed E-state index contributed by atoms with van der Waals surface area (Å²) >= 11 is 0. The molecule has 8 nitrogen and oxygen atoms in total. The van der Waals surface area contributed by atoms with Crippen LogP contribution in [0.4, 0.5) is 0 Å². The Morgan fingerprint density at radius 3 is 2.57 bits per heavy atom. The second-order valence-electron chi connectivity index (χ2n) is 7.72. The molecule has 1 aliphatic rings. The van der Waals surface area contributed by atoms with Crippen LogP contribution >= 0.6 is 0 Å². The van der Waals surface area contributed by atoms with Gasteiger partial charge >= 0.3 is 0 Å². The number of aryl methyl sites for hydroxylation is 1. The standard InChI is InChI=1S/C22H23N5O3/c1-13(2)18(20-24-15-8-4-5-9-16(15)26(20)3)25-17(28)10-12-27-21(29)14-7-6-11-23-19(14)22(27)30/h4-9,11,13,18H,10,12H2,1-3H3,(H,25,28)/t18-/m0/s1. The van der Waals surface area contributed by atoms with Gasteiger partial charge in [-0.2, -0.15) is 0 Å². The number of hydrogen-bond acceptors (Lipinski definition) is 5. The van der Waals surface area contributed by atoms with E-state index in [0.717, 1.165) is 21.8 Å². The number of fused-ring (bicyclic) bond motifs is 2. The van der Waals surface area contributed by atoms with Crippen molar-refractivity contribution < 1.29 is 14.4 Å². The molecular weight excluding hydrogens is 382 g/mol. The number of benzene rings is 1. The molecule has 3 aromatic rings. The third-order valence-electron chi connectivity index (χ3n) is 5.38. The Bertz CT molecular complexity index is 1120. The largest absolute Gasteiger partial charge is 0.346 e. The first kappa shape index (κ1) is 19.8. The smallest absolute Gasteiger partial charge is 0.280 e. The number of rotatable bonds is 6. The van der Waals surface area contributed by atoms with Gasteiger partial charge < -0.3 is 9.88 Å². The number of imide groups is 1. The average Bonchev–Trinajstić information content (AvgIpc) is 3.19. The predicted molar refractivity (Wildman–Crippen MR) is 111 cm³/mol. The van der Waals surface area contributed by atoms with Crippen LogP contribution in [0.25, 0.3) is 11.0 Å². The summed E-state index contributed by atoms with van der Waals surface area (Å²) in [5.74, 6) is -0.242. The number of amides is 3. The fourth-order valence-electron chi connectivity index (χ4n) is 3.75. The zero-order valence-corrected chi connectivity index (χ0v) is 17.1. The monoisotopic (exact) mass is 405 g/mol. The van der Waals surface area contributed by atoms with Crippen molar-refractivity contribution in [2.75, 3.05) is 6.54 Å². The van der Waals surface area contributed by atoms with E-state index in [1.54, 1.807) is 12.1 Å². The lowest BCUT2D eigenvalue weighted by Gasteiger charge is -2.23. The lowest BCUT2D eigenvalue weighted by atomic mass is 10.0. The molecule has 0 spiro atoms. The number of carbonyl (C=O) groups is 3. The second kappa shape index (κ2) is 7.70. The van der Waals surface area contributed by atoms with E-state index in [1.807, 2.05) is 49.7 Å². The number of para-hydroxylation sites is 2. The maximum Gasteiger partial charge on any atom is 0.280 e. The summed E-state index contributed by atoms with van der Waals surface area (Å²) in [6.45, 7) is 4.04. The SMILES string of the molecule is CC(C)[C@H](NC(=O)CCN1C(=O)c2cccnc2C1=O)c1nc2ccccc2n1C. The van der Waals surface area contributed by atoms with Crippen molar-refractivity contribution in [3.63, 3.8) is 0 Å². The highest BCUT2D eigenvalue weighted by Crippen LogP contribution is 2.25. The van der Waals surface area contributed by atoms with Gasteiger partial charge in [-0.1, -0.05) is 26.0 Å². The molecule has 3 heterocycles. The van der Waals surface area contributed by atoms with Crippen molar-refractivity contribution in [1.29, 1.82) is 0 Å². The third-order valence-corrected chi connectivity index (χ3v) is 5.38. The number of pyridine rings is 1. The number of aromatic nitrogens is 3. The van der Waals surface area contributed by atoms with E-state index < -0.39 is 11.8 Å². The molecule has 1 N–H and O–H groups in total. The quantitative estimate of drug-likeness (QED) is 0.636. The molecule has 0 unspecified atom stereocenters. The molecule has 0 aliphatic carbocycles. The Hall–Kier alpha value is -3.55. The summed E-state index contributed by atoms with van der Waals surface area (Å²) in [5, 5.41) is 3.02. The molecule has 0 saturated heterocycles. The number of hydrogen-bond donors (Lipinski definition) is 1. The molecule has 4 rings (SSSR count). The van der Waals surface area contributed by atoms with Crippen molar-refractivity contribution in [2.24, 2.45) is 13.0 Å². The fraction of sp³-hybridized carbons (Fsp3) is 0.318. The summed E-state index contributed by atoms with van der Waals surface area (Å²) in [5.41, 5.74) is 2.28. The van der Waals surface area contributed by atoms with Crippen LogP contribution in [0, 0.1) is 5.92 Å². The van der Waals surface area contributed by atoms with E-state index in [4.69, 9.17) is 4.98 Å². The third kappa shape index (κ3) is 3.34. The van der Waals surface area contributed by atoms with Gasteiger partial charge in [0, 0.05) is 26.2 Å². The van der Waals surface area contributed by atoms with E-state index in [1.165, 1.54) is 6.20 Å². The van der Waals surface area contributed by atoms with Crippen molar-refractivity contribution in [3.05, 3.63) is 59.7 Å². The first-order valence-corrected chi connectivity index (χ1v) is 9.90. The molecule has 3 amide bonds. The van der Waals surface area contributed by atoms with Gasteiger partial charge in [-0.25, -0.2) is 4.98 Å². The predicted octanol–water partition coefficient (Wildman–Crippen LogP) is 2.47. The van der Waals surface area contributed by atoms with E-state index in [2.05, 4.69) is 10.3 Å². The van der Waals surface area contributed by atoms with Gasteiger partial charge in [0.15, 0.2) is 0 Å². The molecule has 0 radical (unpaired) electrons. The number of imidazole rings is 1. The highest BCUT2D eigenvalue weighted by Gasteiger charge is 2.36. The zero-order valence-electron chi connectivity index (χ0n) is 17.1. The lowest BCUT2D eigenvalue weighted by molar-refractivity contribution is -0.122. The molecule has 0 fully saturated rings. The van der Waals surface area contributed by atoms with Gasteiger partial charge in [0.25, 0.3) is 11.8 Å². The maximum atomic E-state index is 12.7. The minimum atomic E-state index is -0.459. The van der Waals surface area contributed by atoms with Crippen LogP contribution in [-0.4, -0.2) is 43.7 Å². The summed E-state index contributed by atoms with van der Waals surface area (Å²) in [4.78, 5) is 47.3. The zero-order chi connectivity index (χ0) is 21.4. The summed E-state index contributed by atoms with van der Waals surface area (Å²) in [7, 11) is 1.93. The van der Waals surface area contributed by atoms with Gasteiger partial charge in [0.1, 0.15) is 11.5 Å². The van der Waals surface area contributed by atoms with Crippen LogP contribution in [0.3, 0.4) is 0 Å². The maximum absolute atomic E-state index is 12.7.